The van der Waals surface area contributed by atoms with E-state index in [2.05, 4.69) is 98.3 Å². The highest BCUT2D eigenvalue weighted by Crippen LogP contribution is 2.37. The second kappa shape index (κ2) is 16.9. The van der Waals surface area contributed by atoms with Crippen molar-refractivity contribution in [3.63, 3.8) is 0 Å². The van der Waals surface area contributed by atoms with Crippen LogP contribution >= 0.6 is 0 Å². The van der Waals surface area contributed by atoms with Gasteiger partial charge < -0.3 is 9.97 Å². The first kappa shape index (κ1) is 34.6. The molecule has 0 saturated heterocycles. The van der Waals surface area contributed by atoms with Crippen LogP contribution in [-0.2, 0) is 12.8 Å². The van der Waals surface area contributed by atoms with Gasteiger partial charge in [0.25, 0.3) is 0 Å². The molecule has 0 aliphatic rings. The number of H-pyrrole nitrogens is 2. The van der Waals surface area contributed by atoms with Gasteiger partial charge in [0.05, 0.1) is 0 Å². The predicted molar refractivity (Wildman–Crippen MR) is 214 cm³/mol. The first-order valence-electron chi connectivity index (χ1n) is 20.0. The van der Waals surface area contributed by atoms with Crippen molar-refractivity contribution < 1.29 is 0 Å². The van der Waals surface area contributed by atoms with Crippen LogP contribution in [0.5, 0.6) is 0 Å². The Morgan fingerprint density at radius 2 is 0.667 bits per heavy atom. The molecule has 0 amide bonds. The number of aromatic nitrogens is 2. The Bertz CT molecular complexity index is 1750. The highest BCUT2D eigenvalue weighted by molar-refractivity contribution is 6.24. The number of unbranched alkanes of at least 4 members (excludes halogenated alkanes) is 4. The lowest BCUT2D eigenvalue weighted by molar-refractivity contribution is 0.383. The molecule has 6 aromatic rings. The Labute approximate surface area is 290 Å². The molecule has 0 saturated carbocycles. The summed E-state index contributed by atoms with van der Waals surface area (Å²) >= 11 is 0. The van der Waals surface area contributed by atoms with Crippen LogP contribution in [0.3, 0.4) is 0 Å². The van der Waals surface area contributed by atoms with Crippen LogP contribution in [-0.4, -0.2) is 9.97 Å². The standard InChI is InChI=1S/C46H62N2/c1-5-9-15-33(16-10-6-2)19-13-21-35-31-43-41-25-23-38-37(39(41)27-29-45(43)47-35)24-26-42-40(38)28-30-46-44(42)32-36(48-46)22-14-20-34(17-11-7-3)18-12-8-4/h23-34,47-48H,5-22H2,1-4H3. The summed E-state index contributed by atoms with van der Waals surface area (Å²) < 4.78 is 0. The smallest absolute Gasteiger partial charge is 0.0462 e. The molecule has 0 radical (unpaired) electrons. The quantitative estimate of drug-likeness (QED) is 0.0777. The molecular formula is C46H62N2. The van der Waals surface area contributed by atoms with E-state index in [4.69, 9.17) is 0 Å². The average molecular weight is 643 g/mol. The fourth-order valence-corrected chi connectivity index (χ4v) is 8.65. The van der Waals surface area contributed by atoms with Crippen molar-refractivity contribution in [3.05, 3.63) is 72.1 Å². The molecular weight excluding hydrogens is 581 g/mol. The van der Waals surface area contributed by atoms with Gasteiger partial charge in [-0.15, -0.1) is 0 Å². The zero-order valence-electron chi connectivity index (χ0n) is 30.7. The van der Waals surface area contributed by atoms with Gasteiger partial charge in [-0.05, 0) is 94.1 Å². The van der Waals surface area contributed by atoms with Crippen LogP contribution < -0.4 is 0 Å². The van der Waals surface area contributed by atoms with E-state index >= 15 is 0 Å². The molecule has 0 spiro atoms. The third-order valence-electron chi connectivity index (χ3n) is 11.5. The highest BCUT2D eigenvalue weighted by Gasteiger charge is 2.14. The molecule has 2 N–H and O–H groups in total. The lowest BCUT2D eigenvalue weighted by Gasteiger charge is -2.15. The maximum absolute atomic E-state index is 3.78. The molecule has 0 aliphatic heterocycles. The van der Waals surface area contributed by atoms with Crippen LogP contribution in [0.4, 0.5) is 0 Å². The van der Waals surface area contributed by atoms with Crippen molar-refractivity contribution >= 4 is 54.1 Å². The minimum Gasteiger partial charge on any atom is -0.358 e. The van der Waals surface area contributed by atoms with Crippen molar-refractivity contribution in [1.29, 1.82) is 0 Å². The van der Waals surface area contributed by atoms with Crippen LogP contribution in [0.1, 0.15) is 142 Å². The van der Waals surface area contributed by atoms with Crippen LogP contribution in [0, 0.1) is 11.8 Å². The minimum atomic E-state index is 0.902. The molecule has 0 fully saturated rings. The fraction of sp³-hybridized carbons (Fsp3) is 0.522. The molecule has 0 unspecified atom stereocenters. The van der Waals surface area contributed by atoms with Gasteiger partial charge in [0.15, 0.2) is 0 Å². The summed E-state index contributed by atoms with van der Waals surface area (Å²) in [6, 6.07) is 23.7. The molecule has 2 aromatic heterocycles. The zero-order valence-corrected chi connectivity index (χ0v) is 30.7. The number of fused-ring (bicyclic) bond motifs is 9. The molecule has 48 heavy (non-hydrogen) atoms. The van der Waals surface area contributed by atoms with Crippen LogP contribution in [0.25, 0.3) is 54.1 Å². The number of hydrogen-bond acceptors (Lipinski definition) is 0. The summed E-state index contributed by atoms with van der Waals surface area (Å²) in [5.41, 5.74) is 5.33. The SMILES string of the molecule is CCCCC(CCCC)CCCc1cc2c(ccc3c2ccc2c4ccc5[nH]c(CCCC(CCCC)CCCC)cc5c4ccc32)[nH]1. The van der Waals surface area contributed by atoms with Crippen molar-refractivity contribution in [2.24, 2.45) is 11.8 Å². The monoisotopic (exact) mass is 642 g/mol. The Kier molecular flexibility index (Phi) is 12.2. The normalized spacial score (nSPS) is 12.4. The van der Waals surface area contributed by atoms with E-state index in [-0.39, 0.29) is 0 Å². The average Bonchev–Trinajstić information content (AvgIpc) is 3.73. The first-order valence-corrected chi connectivity index (χ1v) is 20.0. The summed E-state index contributed by atoms with van der Waals surface area (Å²) in [5.74, 6) is 1.80. The molecule has 4 aromatic carbocycles. The topological polar surface area (TPSA) is 31.6 Å². The lowest BCUT2D eigenvalue weighted by atomic mass is 9.91. The van der Waals surface area contributed by atoms with Crippen molar-refractivity contribution in [2.75, 3.05) is 0 Å². The largest absolute Gasteiger partial charge is 0.358 e. The van der Waals surface area contributed by atoms with Gasteiger partial charge in [-0.3, -0.25) is 0 Å². The zero-order chi connectivity index (χ0) is 33.3. The van der Waals surface area contributed by atoms with E-state index in [0.29, 0.717) is 0 Å². The van der Waals surface area contributed by atoms with E-state index in [9.17, 15) is 0 Å². The third kappa shape index (κ3) is 7.96. The predicted octanol–water partition coefficient (Wildman–Crippen LogP) is 14.7. The summed E-state index contributed by atoms with van der Waals surface area (Å²) in [6.45, 7) is 9.31. The molecule has 0 aliphatic carbocycles. The molecule has 6 rings (SSSR count). The number of aryl methyl sites for hydroxylation is 2. The molecule has 2 nitrogen and oxygen atoms in total. The fourth-order valence-electron chi connectivity index (χ4n) is 8.65. The van der Waals surface area contributed by atoms with Crippen molar-refractivity contribution in [1.82, 2.24) is 9.97 Å². The Hall–Kier alpha value is -3.26. The molecule has 2 heterocycles. The summed E-state index contributed by atoms with van der Waals surface area (Å²) in [5, 5.41) is 10.9. The van der Waals surface area contributed by atoms with Gasteiger partial charge in [-0.2, -0.15) is 0 Å². The van der Waals surface area contributed by atoms with Gasteiger partial charge in [-0.25, -0.2) is 0 Å². The van der Waals surface area contributed by atoms with E-state index in [1.54, 1.807) is 0 Å². The Balaban J connectivity index is 1.20. The van der Waals surface area contributed by atoms with Gasteiger partial charge >= 0.3 is 0 Å². The van der Waals surface area contributed by atoms with Gasteiger partial charge in [-0.1, -0.05) is 154 Å². The number of rotatable bonds is 20. The van der Waals surface area contributed by atoms with Gasteiger partial charge in [0.1, 0.15) is 0 Å². The van der Waals surface area contributed by atoms with E-state index in [1.807, 2.05) is 0 Å². The number of benzene rings is 4. The highest BCUT2D eigenvalue weighted by atomic mass is 14.7. The van der Waals surface area contributed by atoms with E-state index in [1.165, 1.54) is 168 Å². The van der Waals surface area contributed by atoms with Gasteiger partial charge in [0.2, 0.25) is 0 Å². The lowest BCUT2D eigenvalue weighted by Crippen LogP contribution is -2.02. The summed E-state index contributed by atoms with van der Waals surface area (Å²) in [6.07, 6.45) is 24.0. The summed E-state index contributed by atoms with van der Waals surface area (Å²) in [7, 11) is 0. The maximum atomic E-state index is 3.78. The molecule has 256 valence electrons. The number of hydrogen-bond donors (Lipinski definition) is 2. The number of aromatic amines is 2. The molecule has 0 bridgehead atoms. The Morgan fingerprint density at radius 3 is 1.00 bits per heavy atom. The maximum Gasteiger partial charge on any atom is 0.0462 e. The van der Waals surface area contributed by atoms with Crippen molar-refractivity contribution in [3.8, 4) is 0 Å². The molecule has 0 atom stereocenters. The first-order chi connectivity index (χ1) is 23.6. The second-order valence-electron chi connectivity index (χ2n) is 15.1. The van der Waals surface area contributed by atoms with Crippen LogP contribution in [0.2, 0.25) is 0 Å². The minimum absolute atomic E-state index is 0.902. The second-order valence-corrected chi connectivity index (χ2v) is 15.1. The summed E-state index contributed by atoms with van der Waals surface area (Å²) in [4.78, 5) is 7.57. The van der Waals surface area contributed by atoms with Crippen molar-refractivity contribution in [2.45, 2.75) is 143 Å². The molecule has 2 heteroatoms. The van der Waals surface area contributed by atoms with E-state index < -0.39 is 0 Å². The van der Waals surface area contributed by atoms with Gasteiger partial charge in [0, 0.05) is 33.2 Å². The number of nitrogens with one attached hydrogen (secondary N) is 2. The Morgan fingerprint density at radius 1 is 0.375 bits per heavy atom. The van der Waals surface area contributed by atoms with E-state index in [0.717, 1.165) is 24.7 Å². The third-order valence-corrected chi connectivity index (χ3v) is 11.5. The van der Waals surface area contributed by atoms with Crippen LogP contribution in [0.15, 0.2) is 60.7 Å².